The molecule has 0 saturated carbocycles. The molecule has 0 atom stereocenters. The summed E-state index contributed by atoms with van der Waals surface area (Å²) in [6, 6.07) is 50.3. The van der Waals surface area contributed by atoms with Crippen LogP contribution in [0.5, 0.6) is 0 Å². The van der Waals surface area contributed by atoms with Crippen molar-refractivity contribution in [2.75, 3.05) is 0 Å². The molecule has 7 aromatic carbocycles. The Morgan fingerprint density at radius 1 is 0.413 bits per heavy atom. The number of hydrogen-bond donors (Lipinski definition) is 0. The van der Waals surface area contributed by atoms with E-state index in [1.54, 1.807) is 0 Å². The Hall–Kier alpha value is -6.26. The van der Waals surface area contributed by atoms with Gasteiger partial charge in [-0.3, -0.25) is 0 Å². The van der Waals surface area contributed by atoms with E-state index in [2.05, 4.69) is 115 Å². The maximum Gasteiger partial charge on any atom is 0.180 e. The van der Waals surface area contributed by atoms with Crippen LogP contribution in [-0.4, -0.2) is 9.97 Å². The zero-order valence-electron chi connectivity index (χ0n) is 24.6. The van der Waals surface area contributed by atoms with Crippen molar-refractivity contribution in [2.24, 2.45) is 0 Å². The van der Waals surface area contributed by atoms with Crippen molar-refractivity contribution < 1.29 is 8.83 Å². The fourth-order valence-corrected chi connectivity index (χ4v) is 6.94. The van der Waals surface area contributed by atoms with E-state index in [0.717, 1.165) is 82.5 Å². The molecule has 0 aliphatic heterocycles. The van der Waals surface area contributed by atoms with Crippen molar-refractivity contribution in [3.8, 4) is 33.8 Å². The Bertz CT molecular complexity index is 2810. The molecule has 214 valence electrons. The summed E-state index contributed by atoms with van der Waals surface area (Å²) in [5.74, 6) is 0.645. The first kappa shape index (κ1) is 25.1. The number of aromatic nitrogens is 2. The lowest BCUT2D eigenvalue weighted by atomic mass is 9.95. The highest BCUT2D eigenvalue weighted by atomic mass is 16.3. The summed E-state index contributed by atoms with van der Waals surface area (Å²) in [5, 5.41) is 7.48. The van der Waals surface area contributed by atoms with E-state index >= 15 is 0 Å². The summed E-state index contributed by atoms with van der Waals surface area (Å²) < 4.78 is 13.1. The van der Waals surface area contributed by atoms with Crippen molar-refractivity contribution in [2.45, 2.75) is 0 Å². The normalized spacial score (nSPS) is 11.9. The molecular weight excluding hydrogens is 564 g/mol. The lowest BCUT2D eigenvalue weighted by molar-refractivity contribution is 0.667. The average Bonchev–Trinajstić information content (AvgIpc) is 3.70. The van der Waals surface area contributed by atoms with Gasteiger partial charge in [0.05, 0.1) is 0 Å². The van der Waals surface area contributed by atoms with Crippen molar-refractivity contribution in [1.82, 2.24) is 9.97 Å². The van der Waals surface area contributed by atoms with Crippen molar-refractivity contribution in [3.63, 3.8) is 0 Å². The van der Waals surface area contributed by atoms with E-state index in [-0.39, 0.29) is 0 Å². The van der Waals surface area contributed by atoms with Gasteiger partial charge in [-0.05, 0) is 57.6 Å². The molecule has 46 heavy (non-hydrogen) atoms. The molecule has 3 heterocycles. The zero-order chi connectivity index (χ0) is 30.2. The van der Waals surface area contributed by atoms with Gasteiger partial charge >= 0.3 is 0 Å². The fourth-order valence-electron chi connectivity index (χ4n) is 6.94. The van der Waals surface area contributed by atoms with Crippen LogP contribution in [0.15, 0.2) is 154 Å². The smallest absolute Gasteiger partial charge is 0.180 e. The van der Waals surface area contributed by atoms with Crippen LogP contribution in [-0.2, 0) is 0 Å². The number of rotatable bonds is 3. The minimum Gasteiger partial charge on any atom is -0.455 e. The molecule has 0 amide bonds. The van der Waals surface area contributed by atoms with E-state index in [1.165, 1.54) is 5.39 Å². The molecule has 0 spiro atoms. The second-order valence-corrected chi connectivity index (χ2v) is 11.7. The third-order valence-electron chi connectivity index (χ3n) is 9.07. The number of nitrogens with zero attached hydrogens (tertiary/aromatic N) is 2. The minimum absolute atomic E-state index is 0.645. The fraction of sp³-hybridized carbons (Fsp3) is 0. The highest BCUT2D eigenvalue weighted by Crippen LogP contribution is 2.44. The van der Waals surface area contributed by atoms with Gasteiger partial charge < -0.3 is 8.83 Å². The molecule has 0 radical (unpaired) electrons. The third-order valence-corrected chi connectivity index (χ3v) is 9.07. The molecule has 0 bridgehead atoms. The molecule has 0 aliphatic rings. The monoisotopic (exact) mass is 588 g/mol. The minimum atomic E-state index is 0.645. The van der Waals surface area contributed by atoms with E-state index < -0.39 is 0 Å². The molecular formula is C42H24N2O2. The molecule has 10 aromatic rings. The highest BCUT2D eigenvalue weighted by molar-refractivity contribution is 6.22. The van der Waals surface area contributed by atoms with Gasteiger partial charge in [-0.15, -0.1) is 0 Å². The van der Waals surface area contributed by atoms with E-state index in [9.17, 15) is 0 Å². The SMILES string of the molecule is c1ccc(-c2cccc3oc4c5ccccc5c(-c5nc(-c6ccc7ccccc7c6)c6oc7ccccc7c6n5)cc4c23)cc1. The number of furan rings is 2. The summed E-state index contributed by atoms with van der Waals surface area (Å²) in [7, 11) is 0. The van der Waals surface area contributed by atoms with Gasteiger partial charge in [0, 0.05) is 32.7 Å². The third kappa shape index (κ3) is 3.67. The van der Waals surface area contributed by atoms with Gasteiger partial charge in [0.15, 0.2) is 11.4 Å². The average molecular weight is 589 g/mol. The van der Waals surface area contributed by atoms with Gasteiger partial charge in [-0.25, -0.2) is 9.97 Å². The predicted octanol–water partition coefficient (Wildman–Crippen LogP) is 11.6. The first-order chi connectivity index (χ1) is 22.8. The van der Waals surface area contributed by atoms with Crippen LogP contribution in [0, 0.1) is 0 Å². The molecule has 4 nitrogen and oxygen atoms in total. The van der Waals surface area contributed by atoms with E-state index in [4.69, 9.17) is 18.8 Å². The molecule has 0 aliphatic carbocycles. The van der Waals surface area contributed by atoms with Crippen molar-refractivity contribution in [3.05, 3.63) is 146 Å². The van der Waals surface area contributed by atoms with Crippen LogP contribution in [0.25, 0.3) is 99.3 Å². The Morgan fingerprint density at radius 3 is 2.02 bits per heavy atom. The van der Waals surface area contributed by atoms with Crippen LogP contribution in [0.3, 0.4) is 0 Å². The van der Waals surface area contributed by atoms with Crippen LogP contribution in [0.4, 0.5) is 0 Å². The largest absolute Gasteiger partial charge is 0.455 e. The summed E-state index contributed by atoms with van der Waals surface area (Å²) >= 11 is 0. The predicted molar refractivity (Wildman–Crippen MR) is 188 cm³/mol. The van der Waals surface area contributed by atoms with Gasteiger partial charge in [0.25, 0.3) is 0 Å². The first-order valence-corrected chi connectivity index (χ1v) is 15.4. The lowest BCUT2D eigenvalue weighted by Crippen LogP contribution is -1.95. The number of para-hydroxylation sites is 1. The van der Waals surface area contributed by atoms with Gasteiger partial charge in [-0.1, -0.05) is 115 Å². The quantitative estimate of drug-likeness (QED) is 0.206. The molecule has 3 aromatic heterocycles. The summed E-state index contributed by atoms with van der Waals surface area (Å²) in [5.41, 5.74) is 8.97. The zero-order valence-corrected chi connectivity index (χ0v) is 24.6. The topological polar surface area (TPSA) is 52.1 Å². The molecule has 0 N–H and O–H groups in total. The van der Waals surface area contributed by atoms with E-state index in [1.807, 2.05) is 30.3 Å². The van der Waals surface area contributed by atoms with E-state index in [0.29, 0.717) is 11.4 Å². The molecule has 10 rings (SSSR count). The Labute approximate surface area is 263 Å². The maximum atomic E-state index is 6.61. The number of fused-ring (bicyclic) bond motifs is 9. The maximum absolute atomic E-state index is 6.61. The second-order valence-electron chi connectivity index (χ2n) is 11.7. The second kappa shape index (κ2) is 9.62. The number of benzene rings is 7. The van der Waals surface area contributed by atoms with Crippen LogP contribution < -0.4 is 0 Å². The summed E-state index contributed by atoms with van der Waals surface area (Å²) in [6.07, 6.45) is 0. The van der Waals surface area contributed by atoms with Gasteiger partial charge in [0.1, 0.15) is 28.0 Å². The summed E-state index contributed by atoms with van der Waals surface area (Å²) in [4.78, 5) is 10.6. The standard InChI is InChI=1S/C42H24N2O2/c1-2-12-26(13-3-1)29-18-10-20-36-37(29)34-24-33(30-15-6-7-16-31(30)40(34)46-36)42-43-38(28-22-21-25-11-4-5-14-27(25)23-28)41-39(44-42)32-17-8-9-19-35(32)45-41/h1-24H. The Kier molecular flexibility index (Phi) is 5.25. The molecule has 0 saturated heterocycles. The Morgan fingerprint density at radius 2 is 1.13 bits per heavy atom. The van der Waals surface area contributed by atoms with Crippen molar-refractivity contribution >= 4 is 65.6 Å². The van der Waals surface area contributed by atoms with Crippen LogP contribution in [0.2, 0.25) is 0 Å². The number of hydrogen-bond acceptors (Lipinski definition) is 4. The van der Waals surface area contributed by atoms with Crippen molar-refractivity contribution in [1.29, 1.82) is 0 Å². The molecule has 0 fully saturated rings. The first-order valence-electron chi connectivity index (χ1n) is 15.4. The Balaban J connectivity index is 1.32. The van der Waals surface area contributed by atoms with Gasteiger partial charge in [-0.2, -0.15) is 0 Å². The summed E-state index contributed by atoms with van der Waals surface area (Å²) in [6.45, 7) is 0. The molecule has 0 unspecified atom stereocenters. The molecule has 4 heteroatoms. The lowest BCUT2D eigenvalue weighted by Gasteiger charge is -2.10. The van der Waals surface area contributed by atoms with Crippen LogP contribution >= 0.6 is 0 Å². The van der Waals surface area contributed by atoms with Crippen LogP contribution in [0.1, 0.15) is 0 Å². The highest BCUT2D eigenvalue weighted by Gasteiger charge is 2.22. The van der Waals surface area contributed by atoms with Gasteiger partial charge in [0.2, 0.25) is 0 Å².